The van der Waals surface area contributed by atoms with Gasteiger partial charge in [0.1, 0.15) is 0 Å². The van der Waals surface area contributed by atoms with Crippen LogP contribution in [0.5, 0.6) is 0 Å². The van der Waals surface area contributed by atoms with Crippen LogP contribution in [0.2, 0.25) is 0 Å². The van der Waals surface area contributed by atoms with Gasteiger partial charge in [-0.15, -0.1) is 0 Å². The van der Waals surface area contributed by atoms with Gasteiger partial charge in [-0.25, -0.2) is 0 Å². The van der Waals surface area contributed by atoms with Crippen molar-refractivity contribution in [2.45, 2.75) is 13.3 Å². The monoisotopic (exact) mass is 280 g/mol. The molecule has 0 fully saturated rings. The summed E-state index contributed by atoms with van der Waals surface area (Å²) in [5.74, 6) is -0.485. The van der Waals surface area contributed by atoms with Gasteiger partial charge in [0.05, 0.1) is 17.8 Å². The van der Waals surface area contributed by atoms with Gasteiger partial charge in [0.2, 0.25) is 0 Å². The summed E-state index contributed by atoms with van der Waals surface area (Å²) in [6.07, 6.45) is 0.985. The molecule has 106 valence electrons. The molecule has 2 aromatic rings. The van der Waals surface area contributed by atoms with Gasteiger partial charge < -0.3 is 5.32 Å². The predicted molar refractivity (Wildman–Crippen MR) is 81.3 cm³/mol. The molecule has 0 saturated heterocycles. The highest BCUT2D eigenvalue weighted by Gasteiger charge is 2.34. The Hall–Kier alpha value is -2.62. The largest absolute Gasteiger partial charge is 0.367 e. The Kier molecular flexibility index (Phi) is 3.44. The molecule has 0 aliphatic carbocycles. The van der Waals surface area contributed by atoms with Gasteiger partial charge in [0.15, 0.2) is 0 Å². The van der Waals surface area contributed by atoms with Crippen molar-refractivity contribution in [1.82, 2.24) is 4.90 Å². The number of anilines is 1. The Labute approximate surface area is 123 Å². The van der Waals surface area contributed by atoms with Gasteiger partial charge in [-0.2, -0.15) is 0 Å². The van der Waals surface area contributed by atoms with Crippen molar-refractivity contribution in [3.05, 3.63) is 65.2 Å². The van der Waals surface area contributed by atoms with E-state index in [2.05, 4.69) is 12.2 Å². The summed E-state index contributed by atoms with van der Waals surface area (Å²) in [5.41, 5.74) is 3.10. The van der Waals surface area contributed by atoms with E-state index < -0.39 is 0 Å². The first-order valence-electron chi connectivity index (χ1n) is 6.98. The van der Waals surface area contributed by atoms with E-state index in [1.165, 1.54) is 10.5 Å². The zero-order valence-corrected chi connectivity index (χ0v) is 11.8. The fourth-order valence-corrected chi connectivity index (χ4v) is 2.41. The number of hydrogen-bond donors (Lipinski definition) is 1. The van der Waals surface area contributed by atoms with E-state index in [1.54, 1.807) is 24.3 Å². The zero-order valence-electron chi connectivity index (χ0n) is 11.8. The molecule has 0 atom stereocenters. The Morgan fingerprint density at radius 2 is 1.48 bits per heavy atom. The van der Waals surface area contributed by atoms with Crippen molar-refractivity contribution in [1.29, 1.82) is 0 Å². The molecular formula is C17H16N2O2. The fourth-order valence-electron chi connectivity index (χ4n) is 2.41. The molecule has 3 rings (SSSR count). The number of fused-ring (bicyclic) bond motifs is 1. The van der Waals surface area contributed by atoms with Crippen LogP contribution in [0.15, 0.2) is 48.5 Å². The van der Waals surface area contributed by atoms with Crippen LogP contribution in [0.3, 0.4) is 0 Å². The number of rotatable bonds is 4. The summed E-state index contributed by atoms with van der Waals surface area (Å²) in [4.78, 5) is 25.6. The van der Waals surface area contributed by atoms with E-state index in [1.807, 2.05) is 24.3 Å². The summed E-state index contributed by atoms with van der Waals surface area (Å²) in [7, 11) is 0. The van der Waals surface area contributed by atoms with E-state index >= 15 is 0 Å². The Morgan fingerprint density at radius 1 is 0.905 bits per heavy atom. The first kappa shape index (κ1) is 13.4. The minimum Gasteiger partial charge on any atom is -0.367 e. The Balaban J connectivity index is 1.72. The average Bonchev–Trinajstić information content (AvgIpc) is 2.78. The maximum Gasteiger partial charge on any atom is 0.263 e. The topological polar surface area (TPSA) is 49.4 Å². The third-order valence-corrected chi connectivity index (χ3v) is 3.68. The number of nitrogens with zero attached hydrogens (tertiary/aromatic N) is 1. The lowest BCUT2D eigenvalue weighted by Gasteiger charge is -2.15. The molecule has 0 bridgehead atoms. The molecule has 4 nitrogen and oxygen atoms in total. The molecule has 0 unspecified atom stereocenters. The first-order chi connectivity index (χ1) is 10.2. The quantitative estimate of drug-likeness (QED) is 0.876. The number of hydrogen-bond acceptors (Lipinski definition) is 3. The minimum absolute atomic E-state index is 0.178. The van der Waals surface area contributed by atoms with Crippen molar-refractivity contribution in [3.63, 3.8) is 0 Å². The summed E-state index contributed by atoms with van der Waals surface area (Å²) in [6, 6.07) is 14.9. The van der Waals surface area contributed by atoms with Gasteiger partial charge in [-0.3, -0.25) is 14.5 Å². The lowest BCUT2D eigenvalue weighted by Crippen LogP contribution is -2.34. The van der Waals surface area contributed by atoms with Crippen LogP contribution in [-0.4, -0.2) is 23.4 Å². The minimum atomic E-state index is -0.242. The summed E-state index contributed by atoms with van der Waals surface area (Å²) >= 11 is 0. The van der Waals surface area contributed by atoms with E-state index in [9.17, 15) is 9.59 Å². The molecule has 2 aromatic carbocycles. The van der Waals surface area contributed by atoms with Gasteiger partial charge in [-0.05, 0) is 36.2 Å². The lowest BCUT2D eigenvalue weighted by molar-refractivity contribution is 0.0666. The third-order valence-electron chi connectivity index (χ3n) is 3.68. The molecule has 2 amide bonds. The summed E-state index contributed by atoms with van der Waals surface area (Å²) < 4.78 is 0. The third kappa shape index (κ3) is 2.40. The zero-order chi connectivity index (χ0) is 14.8. The summed E-state index contributed by atoms with van der Waals surface area (Å²) in [6.45, 7) is 2.28. The SMILES string of the molecule is CCc1ccc(NCN2C(=O)c3ccccc3C2=O)cc1. The van der Waals surface area contributed by atoms with Crippen LogP contribution < -0.4 is 5.32 Å². The maximum atomic E-state index is 12.2. The molecule has 1 heterocycles. The Bertz CT molecular complexity index is 657. The number of amides is 2. The van der Waals surface area contributed by atoms with Crippen LogP contribution in [0.4, 0.5) is 5.69 Å². The second-order valence-corrected chi connectivity index (χ2v) is 4.97. The van der Waals surface area contributed by atoms with Crippen LogP contribution in [-0.2, 0) is 6.42 Å². The second kappa shape index (κ2) is 5.40. The van der Waals surface area contributed by atoms with Crippen LogP contribution in [0.1, 0.15) is 33.2 Å². The lowest BCUT2D eigenvalue weighted by atomic mass is 10.1. The van der Waals surface area contributed by atoms with Gasteiger partial charge in [0, 0.05) is 5.69 Å². The molecule has 21 heavy (non-hydrogen) atoms. The molecule has 1 aliphatic rings. The summed E-state index contributed by atoms with van der Waals surface area (Å²) in [5, 5.41) is 3.12. The Morgan fingerprint density at radius 3 is 2.00 bits per heavy atom. The number of carbonyl (C=O) groups excluding carboxylic acids is 2. The standard InChI is InChI=1S/C17H16N2O2/c1-2-12-7-9-13(10-8-12)18-11-19-16(20)14-5-3-4-6-15(14)17(19)21/h3-10,18H,2,11H2,1H3. The van der Waals surface area contributed by atoms with Crippen molar-refractivity contribution in [3.8, 4) is 0 Å². The van der Waals surface area contributed by atoms with E-state index in [4.69, 9.17) is 0 Å². The molecular weight excluding hydrogens is 264 g/mol. The molecule has 0 aromatic heterocycles. The molecule has 0 saturated carbocycles. The smallest absolute Gasteiger partial charge is 0.263 e. The molecule has 0 radical (unpaired) electrons. The van der Waals surface area contributed by atoms with Crippen molar-refractivity contribution in [2.75, 3.05) is 12.0 Å². The van der Waals surface area contributed by atoms with E-state index in [0.717, 1.165) is 12.1 Å². The molecule has 1 N–H and O–H groups in total. The van der Waals surface area contributed by atoms with Gasteiger partial charge in [0.25, 0.3) is 11.8 Å². The molecule has 1 aliphatic heterocycles. The maximum absolute atomic E-state index is 12.2. The number of benzene rings is 2. The molecule has 0 spiro atoms. The van der Waals surface area contributed by atoms with Gasteiger partial charge in [-0.1, -0.05) is 31.2 Å². The van der Waals surface area contributed by atoms with Crippen LogP contribution in [0.25, 0.3) is 0 Å². The van der Waals surface area contributed by atoms with Gasteiger partial charge >= 0.3 is 0 Å². The predicted octanol–water partition coefficient (Wildman–Crippen LogP) is 2.91. The fraction of sp³-hybridized carbons (Fsp3) is 0.176. The van der Waals surface area contributed by atoms with Crippen LogP contribution >= 0.6 is 0 Å². The number of nitrogens with one attached hydrogen (secondary N) is 1. The first-order valence-corrected chi connectivity index (χ1v) is 6.98. The van der Waals surface area contributed by atoms with Crippen molar-refractivity contribution >= 4 is 17.5 Å². The highest BCUT2D eigenvalue weighted by Crippen LogP contribution is 2.22. The van der Waals surface area contributed by atoms with E-state index in [-0.39, 0.29) is 18.5 Å². The van der Waals surface area contributed by atoms with Crippen LogP contribution in [0, 0.1) is 0 Å². The number of carbonyl (C=O) groups is 2. The highest BCUT2D eigenvalue weighted by atomic mass is 16.2. The number of imide groups is 1. The van der Waals surface area contributed by atoms with E-state index in [0.29, 0.717) is 11.1 Å². The van der Waals surface area contributed by atoms with Crippen molar-refractivity contribution < 1.29 is 9.59 Å². The molecule has 4 heteroatoms. The highest BCUT2D eigenvalue weighted by molar-refractivity contribution is 6.21. The average molecular weight is 280 g/mol. The number of aryl methyl sites for hydroxylation is 1. The normalized spacial score (nSPS) is 13.5. The second-order valence-electron chi connectivity index (χ2n) is 4.97. The van der Waals surface area contributed by atoms with Crippen molar-refractivity contribution in [2.24, 2.45) is 0 Å².